The van der Waals surface area contributed by atoms with E-state index in [9.17, 15) is 4.39 Å². The second-order valence-corrected chi connectivity index (χ2v) is 4.42. The Balaban J connectivity index is 1.75. The van der Waals surface area contributed by atoms with E-state index in [1.807, 2.05) is 25.1 Å². The van der Waals surface area contributed by atoms with Gasteiger partial charge < -0.3 is 9.72 Å². The van der Waals surface area contributed by atoms with Crippen LogP contribution in [0, 0.1) is 12.7 Å². The molecule has 0 atom stereocenters. The number of fused-ring (bicyclic) bond motifs is 1. The standard InChI is InChI=1S/C15H13FN2O/c1-10-17-14-7-6-13(8-15(14)18-10)19-9-11-2-4-12(16)5-3-11/h2-8H,9H2,1H3,(H,17,18). The molecule has 0 aliphatic carbocycles. The highest BCUT2D eigenvalue weighted by Gasteiger charge is 2.02. The smallest absolute Gasteiger partial charge is 0.123 e. The fourth-order valence-electron chi connectivity index (χ4n) is 1.95. The van der Waals surface area contributed by atoms with Crippen LogP contribution in [0.2, 0.25) is 0 Å². The lowest BCUT2D eigenvalue weighted by Gasteiger charge is -2.06. The van der Waals surface area contributed by atoms with Crippen molar-refractivity contribution in [2.45, 2.75) is 13.5 Å². The van der Waals surface area contributed by atoms with Gasteiger partial charge in [-0.2, -0.15) is 0 Å². The van der Waals surface area contributed by atoms with Crippen LogP contribution in [0.25, 0.3) is 11.0 Å². The molecular formula is C15H13FN2O. The van der Waals surface area contributed by atoms with Gasteiger partial charge in [0.05, 0.1) is 11.0 Å². The molecule has 0 saturated carbocycles. The van der Waals surface area contributed by atoms with Crippen molar-refractivity contribution in [3.05, 3.63) is 59.7 Å². The highest BCUT2D eigenvalue weighted by Crippen LogP contribution is 2.20. The first kappa shape index (κ1) is 11.7. The first-order chi connectivity index (χ1) is 9.20. The van der Waals surface area contributed by atoms with E-state index in [4.69, 9.17) is 4.74 Å². The third-order valence-electron chi connectivity index (χ3n) is 2.89. The molecule has 4 heteroatoms. The van der Waals surface area contributed by atoms with Gasteiger partial charge in [-0.3, -0.25) is 0 Å². The molecule has 0 radical (unpaired) electrons. The molecule has 0 aliphatic rings. The molecule has 1 heterocycles. The Kier molecular flexibility index (Phi) is 2.91. The number of aromatic amines is 1. The van der Waals surface area contributed by atoms with Crippen LogP contribution >= 0.6 is 0 Å². The van der Waals surface area contributed by atoms with Gasteiger partial charge in [-0.05, 0) is 36.8 Å². The van der Waals surface area contributed by atoms with Crippen molar-refractivity contribution in [2.75, 3.05) is 0 Å². The first-order valence-corrected chi connectivity index (χ1v) is 6.04. The van der Waals surface area contributed by atoms with Gasteiger partial charge in [0.1, 0.15) is 24.0 Å². The molecular weight excluding hydrogens is 243 g/mol. The largest absolute Gasteiger partial charge is 0.489 e. The Labute approximate surface area is 110 Å². The number of nitrogens with one attached hydrogen (secondary N) is 1. The molecule has 19 heavy (non-hydrogen) atoms. The van der Waals surface area contributed by atoms with Crippen molar-refractivity contribution in [3.63, 3.8) is 0 Å². The second-order valence-electron chi connectivity index (χ2n) is 4.42. The number of nitrogens with zero attached hydrogens (tertiary/aromatic N) is 1. The maximum atomic E-state index is 12.8. The van der Waals surface area contributed by atoms with E-state index in [1.54, 1.807) is 12.1 Å². The quantitative estimate of drug-likeness (QED) is 0.777. The van der Waals surface area contributed by atoms with Crippen LogP contribution in [0.3, 0.4) is 0 Å². The third kappa shape index (κ3) is 2.57. The topological polar surface area (TPSA) is 37.9 Å². The van der Waals surface area contributed by atoms with E-state index >= 15 is 0 Å². The minimum absolute atomic E-state index is 0.238. The van der Waals surface area contributed by atoms with Gasteiger partial charge in [0.2, 0.25) is 0 Å². The van der Waals surface area contributed by atoms with E-state index < -0.39 is 0 Å². The molecule has 0 spiro atoms. The maximum absolute atomic E-state index is 12.8. The van der Waals surface area contributed by atoms with Crippen LogP contribution < -0.4 is 4.74 Å². The van der Waals surface area contributed by atoms with Crippen molar-refractivity contribution in [1.29, 1.82) is 0 Å². The zero-order valence-electron chi connectivity index (χ0n) is 10.5. The summed E-state index contributed by atoms with van der Waals surface area (Å²) in [7, 11) is 0. The Morgan fingerprint density at radius 2 is 1.95 bits per heavy atom. The predicted octanol–water partition coefficient (Wildman–Crippen LogP) is 3.59. The average Bonchev–Trinajstić information content (AvgIpc) is 2.77. The molecule has 0 unspecified atom stereocenters. The van der Waals surface area contributed by atoms with Crippen LogP contribution in [-0.4, -0.2) is 9.97 Å². The Hall–Kier alpha value is -2.36. The summed E-state index contributed by atoms with van der Waals surface area (Å²) in [6, 6.07) is 12.0. The second kappa shape index (κ2) is 4.72. The lowest BCUT2D eigenvalue weighted by Crippen LogP contribution is -1.95. The normalized spacial score (nSPS) is 10.8. The Morgan fingerprint density at radius 1 is 1.16 bits per heavy atom. The number of aromatic nitrogens is 2. The van der Waals surface area contributed by atoms with Crippen LogP contribution in [0.4, 0.5) is 4.39 Å². The fourth-order valence-corrected chi connectivity index (χ4v) is 1.95. The van der Waals surface area contributed by atoms with Crippen molar-refractivity contribution >= 4 is 11.0 Å². The van der Waals surface area contributed by atoms with Crippen molar-refractivity contribution in [1.82, 2.24) is 9.97 Å². The van der Waals surface area contributed by atoms with Crippen LogP contribution in [-0.2, 0) is 6.61 Å². The third-order valence-corrected chi connectivity index (χ3v) is 2.89. The van der Waals surface area contributed by atoms with Crippen LogP contribution in [0.15, 0.2) is 42.5 Å². The van der Waals surface area contributed by atoms with Gasteiger partial charge in [-0.25, -0.2) is 9.37 Å². The molecule has 1 N–H and O–H groups in total. The number of H-pyrrole nitrogens is 1. The van der Waals surface area contributed by atoms with E-state index in [1.165, 1.54) is 12.1 Å². The minimum Gasteiger partial charge on any atom is -0.489 e. The maximum Gasteiger partial charge on any atom is 0.123 e. The highest BCUT2D eigenvalue weighted by molar-refractivity contribution is 5.76. The van der Waals surface area contributed by atoms with E-state index in [0.717, 1.165) is 28.2 Å². The van der Waals surface area contributed by atoms with Gasteiger partial charge in [0.25, 0.3) is 0 Å². The Morgan fingerprint density at radius 3 is 2.74 bits per heavy atom. The summed E-state index contributed by atoms with van der Waals surface area (Å²) in [4.78, 5) is 7.49. The zero-order chi connectivity index (χ0) is 13.2. The lowest BCUT2D eigenvalue weighted by atomic mass is 10.2. The number of rotatable bonds is 3. The number of ether oxygens (including phenoxy) is 1. The molecule has 1 aromatic heterocycles. The van der Waals surface area contributed by atoms with Gasteiger partial charge >= 0.3 is 0 Å². The van der Waals surface area contributed by atoms with E-state index in [2.05, 4.69) is 9.97 Å². The number of benzene rings is 2. The molecule has 3 nitrogen and oxygen atoms in total. The molecule has 0 fully saturated rings. The number of aryl methyl sites for hydroxylation is 1. The number of hydrogen-bond donors (Lipinski definition) is 1. The van der Waals surface area contributed by atoms with Crippen molar-refractivity contribution in [2.24, 2.45) is 0 Å². The van der Waals surface area contributed by atoms with Gasteiger partial charge in [0, 0.05) is 6.07 Å². The fraction of sp³-hybridized carbons (Fsp3) is 0.133. The number of imidazole rings is 1. The zero-order valence-corrected chi connectivity index (χ0v) is 10.5. The van der Waals surface area contributed by atoms with Gasteiger partial charge in [-0.1, -0.05) is 12.1 Å². The summed E-state index contributed by atoms with van der Waals surface area (Å²) in [5.41, 5.74) is 2.81. The summed E-state index contributed by atoms with van der Waals surface area (Å²) < 4.78 is 18.5. The molecule has 3 aromatic rings. The summed E-state index contributed by atoms with van der Waals surface area (Å²) in [6.07, 6.45) is 0. The van der Waals surface area contributed by atoms with Crippen molar-refractivity contribution < 1.29 is 9.13 Å². The van der Waals surface area contributed by atoms with Crippen LogP contribution in [0.5, 0.6) is 5.75 Å². The number of hydrogen-bond acceptors (Lipinski definition) is 2. The highest BCUT2D eigenvalue weighted by atomic mass is 19.1. The molecule has 3 rings (SSSR count). The minimum atomic E-state index is -0.238. The molecule has 2 aromatic carbocycles. The monoisotopic (exact) mass is 256 g/mol. The van der Waals surface area contributed by atoms with Crippen LogP contribution in [0.1, 0.15) is 11.4 Å². The predicted molar refractivity (Wildman–Crippen MR) is 71.6 cm³/mol. The number of halogens is 1. The van der Waals surface area contributed by atoms with Crippen molar-refractivity contribution in [3.8, 4) is 5.75 Å². The summed E-state index contributed by atoms with van der Waals surface area (Å²) in [6.45, 7) is 2.33. The van der Waals surface area contributed by atoms with E-state index in [-0.39, 0.29) is 5.82 Å². The average molecular weight is 256 g/mol. The molecule has 0 saturated heterocycles. The van der Waals surface area contributed by atoms with Gasteiger partial charge in [-0.15, -0.1) is 0 Å². The molecule has 0 amide bonds. The van der Waals surface area contributed by atoms with Gasteiger partial charge in [0.15, 0.2) is 0 Å². The SMILES string of the molecule is Cc1nc2ccc(OCc3ccc(F)cc3)cc2[nH]1. The lowest BCUT2D eigenvalue weighted by molar-refractivity contribution is 0.306. The summed E-state index contributed by atoms with van der Waals surface area (Å²) in [5.74, 6) is 1.41. The first-order valence-electron chi connectivity index (χ1n) is 6.04. The summed E-state index contributed by atoms with van der Waals surface area (Å²) in [5, 5.41) is 0. The molecule has 0 aliphatic heterocycles. The Bertz CT molecular complexity index is 704. The van der Waals surface area contributed by atoms with E-state index in [0.29, 0.717) is 6.61 Å². The molecule has 0 bridgehead atoms. The summed E-state index contributed by atoms with van der Waals surface area (Å²) >= 11 is 0. The molecule has 96 valence electrons.